The zero-order valence-corrected chi connectivity index (χ0v) is 21.0. The van der Waals surface area contributed by atoms with Crippen molar-refractivity contribution >= 4 is 21.6 Å². The van der Waals surface area contributed by atoms with Gasteiger partial charge >= 0.3 is 0 Å². The molecule has 1 N–H and O–H groups in total. The number of rotatable bonds is 10. The van der Waals surface area contributed by atoms with Gasteiger partial charge in [-0.25, -0.2) is 8.42 Å². The van der Waals surface area contributed by atoms with Crippen LogP contribution in [0.3, 0.4) is 0 Å². The highest BCUT2D eigenvalue weighted by molar-refractivity contribution is 7.92. The number of hydrogen-bond acceptors (Lipinski definition) is 4. The molecule has 3 rings (SSSR count). The minimum Gasteiger partial charge on any atom is -0.352 e. The van der Waals surface area contributed by atoms with Crippen LogP contribution in [-0.4, -0.2) is 45.1 Å². The van der Waals surface area contributed by atoms with E-state index in [9.17, 15) is 13.2 Å². The first-order valence-electron chi connectivity index (χ1n) is 11.9. The van der Waals surface area contributed by atoms with Crippen LogP contribution in [0.5, 0.6) is 0 Å². The first-order chi connectivity index (χ1) is 15.8. The van der Waals surface area contributed by atoms with Crippen LogP contribution in [0.4, 0.5) is 5.69 Å². The summed E-state index contributed by atoms with van der Waals surface area (Å²) in [6, 6.07) is 13.9. The molecule has 2 aromatic carbocycles. The van der Waals surface area contributed by atoms with Crippen molar-refractivity contribution in [1.29, 1.82) is 0 Å². The third kappa shape index (κ3) is 7.30. The summed E-state index contributed by atoms with van der Waals surface area (Å²) >= 11 is 0. The molecule has 0 bridgehead atoms. The summed E-state index contributed by atoms with van der Waals surface area (Å²) in [5.74, 6) is -0.0582. The summed E-state index contributed by atoms with van der Waals surface area (Å²) in [7, 11) is -3.43. The van der Waals surface area contributed by atoms with Crippen molar-refractivity contribution in [1.82, 2.24) is 10.2 Å². The average molecular weight is 472 g/mol. The van der Waals surface area contributed by atoms with Crippen LogP contribution in [0.2, 0.25) is 0 Å². The molecule has 1 amide bonds. The second-order valence-electron chi connectivity index (χ2n) is 9.04. The lowest BCUT2D eigenvalue weighted by Crippen LogP contribution is -2.33. The molecule has 0 aromatic heterocycles. The Hall–Kier alpha value is -2.38. The lowest BCUT2D eigenvalue weighted by atomic mass is 10.0. The van der Waals surface area contributed by atoms with Crippen LogP contribution < -0.4 is 9.62 Å². The number of anilines is 1. The van der Waals surface area contributed by atoms with E-state index in [0.717, 1.165) is 36.3 Å². The summed E-state index contributed by atoms with van der Waals surface area (Å²) in [5, 5.41) is 3.02. The lowest BCUT2D eigenvalue weighted by molar-refractivity contribution is -0.121. The highest BCUT2D eigenvalue weighted by atomic mass is 32.2. The van der Waals surface area contributed by atoms with E-state index in [-0.39, 0.29) is 18.9 Å². The molecule has 1 aliphatic rings. The average Bonchev–Trinajstić information content (AvgIpc) is 2.78. The third-order valence-electron chi connectivity index (χ3n) is 6.45. The molecule has 0 unspecified atom stereocenters. The monoisotopic (exact) mass is 471 g/mol. The number of carbonyl (C=O) groups is 1. The van der Waals surface area contributed by atoms with Crippen LogP contribution in [0.15, 0.2) is 42.5 Å². The Morgan fingerprint density at radius 1 is 1.00 bits per heavy atom. The molecule has 1 heterocycles. The fourth-order valence-electron chi connectivity index (χ4n) is 4.38. The molecule has 1 fully saturated rings. The highest BCUT2D eigenvalue weighted by Gasteiger charge is 2.20. The summed E-state index contributed by atoms with van der Waals surface area (Å²) in [6.07, 6.45) is 5.78. The van der Waals surface area contributed by atoms with Gasteiger partial charge < -0.3 is 5.32 Å². The van der Waals surface area contributed by atoms with Crippen LogP contribution >= 0.6 is 0 Å². The molecule has 2 aromatic rings. The number of carbonyl (C=O) groups excluding carboxylic acids is 1. The van der Waals surface area contributed by atoms with Gasteiger partial charge in [0.05, 0.1) is 11.9 Å². The Morgan fingerprint density at radius 2 is 1.70 bits per heavy atom. The lowest BCUT2D eigenvalue weighted by Gasteiger charge is -2.27. The number of piperidine rings is 1. The molecule has 6 nitrogen and oxygen atoms in total. The number of amides is 1. The van der Waals surface area contributed by atoms with Crippen LogP contribution in [0, 0.1) is 13.8 Å². The van der Waals surface area contributed by atoms with E-state index in [1.165, 1.54) is 35.4 Å². The van der Waals surface area contributed by atoms with E-state index in [2.05, 4.69) is 28.4 Å². The second kappa shape index (κ2) is 11.7. The maximum atomic E-state index is 12.5. The zero-order valence-electron chi connectivity index (χ0n) is 20.1. The standard InChI is InChI=1S/C26H37N3O3S/c1-21-11-9-14-25(22(21)2)29(33(3,31)32)18-10-15-26(30)27-19-23-12-5-6-13-24(23)20-28-16-7-4-8-17-28/h5-6,9,11-14H,4,7-8,10,15-20H2,1-3H3,(H,27,30). The summed E-state index contributed by atoms with van der Waals surface area (Å²) in [5.41, 5.74) is 5.08. The van der Waals surface area contributed by atoms with Crippen molar-refractivity contribution in [3.63, 3.8) is 0 Å². The number of sulfonamides is 1. The molecule has 0 aliphatic carbocycles. The normalized spacial score (nSPS) is 14.8. The number of likely N-dealkylation sites (tertiary alicyclic amines) is 1. The fourth-order valence-corrected chi connectivity index (χ4v) is 5.39. The van der Waals surface area contributed by atoms with E-state index in [1.807, 2.05) is 38.1 Å². The molecular weight excluding hydrogens is 434 g/mol. The van der Waals surface area contributed by atoms with Gasteiger partial charge in [-0.2, -0.15) is 0 Å². The molecule has 1 saturated heterocycles. The van der Waals surface area contributed by atoms with Crippen LogP contribution in [0.1, 0.15) is 54.4 Å². The number of benzene rings is 2. The van der Waals surface area contributed by atoms with Crippen molar-refractivity contribution in [2.24, 2.45) is 0 Å². The number of nitrogens with zero attached hydrogens (tertiary/aromatic N) is 2. The Bertz CT molecular complexity index is 1050. The van der Waals surface area contributed by atoms with Crippen molar-refractivity contribution < 1.29 is 13.2 Å². The van der Waals surface area contributed by atoms with Gasteiger partial charge in [0.2, 0.25) is 15.9 Å². The van der Waals surface area contributed by atoms with Gasteiger partial charge in [-0.05, 0) is 74.5 Å². The van der Waals surface area contributed by atoms with Crippen molar-refractivity contribution in [3.05, 3.63) is 64.7 Å². The van der Waals surface area contributed by atoms with Gasteiger partial charge in [-0.3, -0.25) is 14.0 Å². The van der Waals surface area contributed by atoms with Gasteiger partial charge in [0.1, 0.15) is 0 Å². The second-order valence-corrected chi connectivity index (χ2v) is 10.9. The number of nitrogens with one attached hydrogen (secondary N) is 1. The molecule has 0 saturated carbocycles. The van der Waals surface area contributed by atoms with E-state index < -0.39 is 10.0 Å². The van der Waals surface area contributed by atoms with Gasteiger partial charge in [-0.15, -0.1) is 0 Å². The van der Waals surface area contributed by atoms with Crippen LogP contribution in [-0.2, 0) is 27.9 Å². The van der Waals surface area contributed by atoms with Crippen molar-refractivity contribution in [2.75, 3.05) is 30.2 Å². The molecule has 0 radical (unpaired) electrons. The maximum Gasteiger partial charge on any atom is 0.232 e. The highest BCUT2D eigenvalue weighted by Crippen LogP contribution is 2.25. The summed E-state index contributed by atoms with van der Waals surface area (Å²) in [4.78, 5) is 15.0. The predicted octanol–water partition coefficient (Wildman–Crippen LogP) is 4.15. The fraction of sp³-hybridized carbons (Fsp3) is 0.500. The van der Waals surface area contributed by atoms with Crippen molar-refractivity contribution in [3.8, 4) is 0 Å². The number of aryl methyl sites for hydroxylation is 1. The molecular formula is C26H37N3O3S. The molecule has 0 spiro atoms. The third-order valence-corrected chi connectivity index (χ3v) is 7.63. The molecule has 0 atom stereocenters. The largest absolute Gasteiger partial charge is 0.352 e. The Morgan fingerprint density at radius 3 is 2.39 bits per heavy atom. The van der Waals surface area contributed by atoms with E-state index >= 15 is 0 Å². The predicted molar refractivity (Wildman–Crippen MR) is 135 cm³/mol. The first kappa shape index (κ1) is 25.2. The minimum atomic E-state index is -3.43. The molecule has 1 aliphatic heterocycles. The molecule has 7 heteroatoms. The quantitative estimate of drug-likeness (QED) is 0.565. The topological polar surface area (TPSA) is 69.7 Å². The van der Waals surface area contributed by atoms with E-state index in [1.54, 1.807) is 0 Å². The van der Waals surface area contributed by atoms with Gasteiger partial charge in [0.25, 0.3) is 0 Å². The van der Waals surface area contributed by atoms with Gasteiger partial charge in [0.15, 0.2) is 0 Å². The SMILES string of the molecule is Cc1cccc(N(CCCC(=O)NCc2ccccc2CN2CCCCC2)S(C)(=O)=O)c1C. The molecule has 180 valence electrons. The van der Waals surface area contributed by atoms with E-state index in [0.29, 0.717) is 18.7 Å². The Kier molecular flexibility index (Phi) is 8.92. The van der Waals surface area contributed by atoms with E-state index in [4.69, 9.17) is 0 Å². The van der Waals surface area contributed by atoms with Crippen molar-refractivity contribution in [2.45, 2.75) is 59.0 Å². The van der Waals surface area contributed by atoms with Crippen LogP contribution in [0.25, 0.3) is 0 Å². The van der Waals surface area contributed by atoms with Gasteiger partial charge in [0, 0.05) is 26.1 Å². The Balaban J connectivity index is 1.53. The summed E-state index contributed by atoms with van der Waals surface area (Å²) in [6.45, 7) is 7.87. The van der Waals surface area contributed by atoms with Gasteiger partial charge in [-0.1, -0.05) is 42.8 Å². The minimum absolute atomic E-state index is 0.0582. The smallest absolute Gasteiger partial charge is 0.232 e. The Labute approximate surface area is 199 Å². The number of hydrogen-bond donors (Lipinski definition) is 1. The zero-order chi connectivity index (χ0) is 23.8. The molecule has 33 heavy (non-hydrogen) atoms. The first-order valence-corrected chi connectivity index (χ1v) is 13.7. The maximum absolute atomic E-state index is 12.5. The summed E-state index contributed by atoms with van der Waals surface area (Å²) < 4.78 is 26.2.